The first-order chi connectivity index (χ1) is 7.04. The Kier molecular flexibility index (Phi) is 4.48. The molecule has 0 bridgehead atoms. The smallest absolute Gasteiger partial charge is 0.137 e. The number of halogens is 2. The van der Waals surface area contributed by atoms with Crippen LogP contribution in [0.4, 0.5) is 4.39 Å². The van der Waals surface area contributed by atoms with Crippen LogP contribution in [0.2, 0.25) is 0 Å². The molecule has 0 aliphatic heterocycles. The first-order valence-corrected chi connectivity index (χ1v) is 5.71. The van der Waals surface area contributed by atoms with Crippen molar-refractivity contribution >= 4 is 15.9 Å². The van der Waals surface area contributed by atoms with Crippen LogP contribution >= 0.6 is 15.9 Å². The van der Waals surface area contributed by atoms with Crippen LogP contribution in [-0.4, -0.2) is 0 Å². The molecule has 1 aromatic carbocycles. The van der Waals surface area contributed by atoms with E-state index in [2.05, 4.69) is 22.5 Å². The second-order valence-electron chi connectivity index (χ2n) is 3.59. The van der Waals surface area contributed by atoms with Crippen molar-refractivity contribution in [1.82, 2.24) is 0 Å². The molecule has 1 nitrogen and oxygen atoms in total. The summed E-state index contributed by atoms with van der Waals surface area (Å²) < 4.78 is 13.7. The van der Waals surface area contributed by atoms with Gasteiger partial charge in [0.1, 0.15) is 5.82 Å². The van der Waals surface area contributed by atoms with Crippen molar-refractivity contribution in [3.63, 3.8) is 0 Å². The highest BCUT2D eigenvalue weighted by Gasteiger charge is 2.09. The van der Waals surface area contributed by atoms with E-state index in [0.29, 0.717) is 10.9 Å². The molecule has 1 aromatic rings. The molecule has 2 N–H and O–H groups in total. The van der Waals surface area contributed by atoms with Gasteiger partial charge in [0.15, 0.2) is 0 Å². The maximum absolute atomic E-state index is 13.2. The van der Waals surface area contributed by atoms with Gasteiger partial charge in [-0.1, -0.05) is 25.1 Å². The van der Waals surface area contributed by atoms with Crippen molar-refractivity contribution in [2.75, 3.05) is 0 Å². The zero-order valence-electron chi connectivity index (χ0n) is 8.76. The van der Waals surface area contributed by atoms with Crippen molar-refractivity contribution in [2.45, 2.75) is 25.8 Å². The zero-order valence-corrected chi connectivity index (χ0v) is 10.3. The standard InChI is InChI=1S/C12H15BrFN/c1-3-8(2)6-12(15)9-4-5-10(13)11(14)7-9/h4-5,7,12H,2-3,6,15H2,1H3. The van der Waals surface area contributed by atoms with Gasteiger partial charge in [-0.3, -0.25) is 0 Å². The third-order valence-electron chi connectivity index (χ3n) is 2.38. The van der Waals surface area contributed by atoms with Crippen LogP contribution in [0.1, 0.15) is 31.4 Å². The Morgan fingerprint density at radius 3 is 2.80 bits per heavy atom. The predicted molar refractivity (Wildman–Crippen MR) is 65.1 cm³/mol. The fourth-order valence-electron chi connectivity index (χ4n) is 1.32. The van der Waals surface area contributed by atoms with E-state index >= 15 is 0 Å². The highest BCUT2D eigenvalue weighted by Crippen LogP contribution is 2.23. The molecule has 0 spiro atoms. The summed E-state index contributed by atoms with van der Waals surface area (Å²) in [6, 6.07) is 4.82. The predicted octanol–water partition coefficient (Wildman–Crippen LogP) is 3.94. The number of rotatable bonds is 4. The first kappa shape index (κ1) is 12.4. The molecule has 0 saturated carbocycles. The number of hydrogen-bond donors (Lipinski definition) is 1. The number of nitrogens with two attached hydrogens (primary N) is 1. The van der Waals surface area contributed by atoms with Gasteiger partial charge in [-0.25, -0.2) is 4.39 Å². The Bertz CT molecular complexity index is 363. The summed E-state index contributed by atoms with van der Waals surface area (Å²) in [6.45, 7) is 5.93. The van der Waals surface area contributed by atoms with E-state index in [1.165, 1.54) is 6.07 Å². The highest BCUT2D eigenvalue weighted by atomic mass is 79.9. The Morgan fingerprint density at radius 1 is 1.60 bits per heavy atom. The lowest BCUT2D eigenvalue weighted by molar-refractivity contribution is 0.611. The Labute approximate surface area is 98.3 Å². The molecular weight excluding hydrogens is 257 g/mol. The lowest BCUT2D eigenvalue weighted by Crippen LogP contribution is -2.11. The van der Waals surface area contributed by atoms with Crippen LogP contribution in [0.15, 0.2) is 34.8 Å². The van der Waals surface area contributed by atoms with Crippen LogP contribution in [0, 0.1) is 5.82 Å². The molecule has 1 unspecified atom stereocenters. The largest absolute Gasteiger partial charge is 0.324 e. The van der Waals surface area contributed by atoms with E-state index in [1.54, 1.807) is 6.07 Å². The molecule has 3 heteroatoms. The fourth-order valence-corrected chi connectivity index (χ4v) is 1.56. The van der Waals surface area contributed by atoms with Crippen LogP contribution in [0.3, 0.4) is 0 Å². The van der Waals surface area contributed by atoms with Crippen molar-refractivity contribution in [3.05, 3.63) is 46.2 Å². The van der Waals surface area contributed by atoms with Gasteiger partial charge >= 0.3 is 0 Å². The topological polar surface area (TPSA) is 26.0 Å². The van der Waals surface area contributed by atoms with Crippen LogP contribution in [-0.2, 0) is 0 Å². The highest BCUT2D eigenvalue weighted by molar-refractivity contribution is 9.10. The summed E-state index contributed by atoms with van der Waals surface area (Å²) >= 11 is 3.11. The molecular formula is C12H15BrFN. The van der Waals surface area contributed by atoms with Gasteiger partial charge in [0.25, 0.3) is 0 Å². The average molecular weight is 272 g/mol. The van der Waals surface area contributed by atoms with Crippen molar-refractivity contribution in [2.24, 2.45) is 5.73 Å². The minimum atomic E-state index is -0.273. The van der Waals surface area contributed by atoms with E-state index in [0.717, 1.165) is 17.6 Å². The van der Waals surface area contributed by atoms with E-state index in [1.807, 2.05) is 13.0 Å². The monoisotopic (exact) mass is 271 g/mol. The minimum absolute atomic E-state index is 0.167. The second-order valence-corrected chi connectivity index (χ2v) is 4.44. The molecule has 0 aromatic heterocycles. The van der Waals surface area contributed by atoms with Gasteiger partial charge in [0.2, 0.25) is 0 Å². The third kappa shape index (κ3) is 3.43. The third-order valence-corrected chi connectivity index (χ3v) is 3.02. The summed E-state index contributed by atoms with van der Waals surface area (Å²) in [6.07, 6.45) is 1.62. The minimum Gasteiger partial charge on any atom is -0.324 e. The van der Waals surface area contributed by atoms with E-state index in [9.17, 15) is 4.39 Å². The van der Waals surface area contributed by atoms with E-state index < -0.39 is 0 Å². The lowest BCUT2D eigenvalue weighted by Gasteiger charge is -2.13. The van der Waals surface area contributed by atoms with E-state index in [-0.39, 0.29) is 11.9 Å². The fraction of sp³-hybridized carbons (Fsp3) is 0.333. The molecule has 0 amide bonds. The van der Waals surface area contributed by atoms with Gasteiger partial charge in [0.05, 0.1) is 4.47 Å². The molecule has 0 radical (unpaired) electrons. The molecule has 0 fully saturated rings. The van der Waals surface area contributed by atoms with Gasteiger partial charge in [0, 0.05) is 6.04 Å². The molecule has 0 aliphatic rings. The lowest BCUT2D eigenvalue weighted by atomic mass is 9.99. The van der Waals surface area contributed by atoms with Gasteiger partial charge in [-0.05, 0) is 46.5 Å². The number of benzene rings is 1. The summed E-state index contributed by atoms with van der Waals surface area (Å²) in [7, 11) is 0. The second kappa shape index (κ2) is 5.42. The number of hydrogen-bond acceptors (Lipinski definition) is 1. The molecule has 0 aliphatic carbocycles. The zero-order chi connectivity index (χ0) is 11.4. The molecule has 0 heterocycles. The molecule has 1 rings (SSSR count). The maximum atomic E-state index is 13.2. The van der Waals surface area contributed by atoms with Crippen molar-refractivity contribution in [3.8, 4) is 0 Å². The maximum Gasteiger partial charge on any atom is 0.137 e. The van der Waals surface area contributed by atoms with Gasteiger partial charge < -0.3 is 5.73 Å². The Balaban J connectivity index is 2.78. The molecule has 1 atom stereocenters. The Hall–Kier alpha value is -0.670. The first-order valence-electron chi connectivity index (χ1n) is 4.91. The molecule has 0 saturated heterocycles. The Morgan fingerprint density at radius 2 is 2.27 bits per heavy atom. The summed E-state index contributed by atoms with van der Waals surface area (Å²) in [5.41, 5.74) is 7.85. The van der Waals surface area contributed by atoms with Crippen molar-refractivity contribution in [1.29, 1.82) is 0 Å². The molecule has 82 valence electrons. The molecule has 15 heavy (non-hydrogen) atoms. The quantitative estimate of drug-likeness (QED) is 0.825. The SMILES string of the molecule is C=C(CC)CC(N)c1ccc(Br)c(F)c1. The van der Waals surface area contributed by atoms with Crippen LogP contribution in [0.5, 0.6) is 0 Å². The van der Waals surface area contributed by atoms with Crippen LogP contribution < -0.4 is 5.73 Å². The summed E-state index contributed by atoms with van der Waals surface area (Å²) in [4.78, 5) is 0. The normalized spacial score (nSPS) is 12.5. The average Bonchev–Trinajstić information content (AvgIpc) is 2.21. The summed E-state index contributed by atoms with van der Waals surface area (Å²) in [5.74, 6) is -0.273. The van der Waals surface area contributed by atoms with Gasteiger partial charge in [-0.2, -0.15) is 0 Å². The van der Waals surface area contributed by atoms with Crippen molar-refractivity contribution < 1.29 is 4.39 Å². The summed E-state index contributed by atoms with van der Waals surface area (Å²) in [5, 5.41) is 0. The van der Waals surface area contributed by atoms with E-state index in [4.69, 9.17) is 5.73 Å². The van der Waals surface area contributed by atoms with Gasteiger partial charge in [-0.15, -0.1) is 0 Å². The van der Waals surface area contributed by atoms with Crippen LogP contribution in [0.25, 0.3) is 0 Å².